The molecule has 0 saturated carbocycles. The van der Waals surface area contributed by atoms with Crippen molar-refractivity contribution in [3.8, 4) is 5.75 Å². The van der Waals surface area contributed by atoms with Crippen molar-refractivity contribution in [2.75, 3.05) is 26.4 Å². The third-order valence-corrected chi connectivity index (χ3v) is 2.79. The highest BCUT2D eigenvalue weighted by Crippen LogP contribution is 2.15. The van der Waals surface area contributed by atoms with E-state index in [1.807, 2.05) is 0 Å². The fourth-order valence-corrected chi connectivity index (χ4v) is 1.56. The highest BCUT2D eigenvalue weighted by atomic mass is 35.5. The quantitative estimate of drug-likeness (QED) is 0.801. The summed E-state index contributed by atoms with van der Waals surface area (Å²) in [7, 11) is 0. The zero-order chi connectivity index (χ0) is 12.1. The third kappa shape index (κ3) is 4.16. The average Bonchev–Trinajstić information content (AvgIpc) is 2.26. The summed E-state index contributed by atoms with van der Waals surface area (Å²) in [5.41, 5.74) is 0. The van der Waals surface area contributed by atoms with Crippen molar-refractivity contribution in [3.63, 3.8) is 0 Å². The van der Waals surface area contributed by atoms with Crippen LogP contribution in [0.3, 0.4) is 0 Å². The SMILES string of the molecule is OC(CNC1COC1)COc1ccc(Cl)cc1. The minimum atomic E-state index is -0.522. The molecule has 1 aliphatic rings. The van der Waals surface area contributed by atoms with E-state index in [-0.39, 0.29) is 6.61 Å². The summed E-state index contributed by atoms with van der Waals surface area (Å²) in [6, 6.07) is 7.45. The number of aliphatic hydroxyl groups excluding tert-OH is 1. The van der Waals surface area contributed by atoms with Crippen molar-refractivity contribution in [2.24, 2.45) is 0 Å². The van der Waals surface area contributed by atoms with Crippen LogP contribution in [0.4, 0.5) is 0 Å². The topological polar surface area (TPSA) is 50.7 Å². The van der Waals surface area contributed by atoms with Gasteiger partial charge in [-0.25, -0.2) is 0 Å². The first-order valence-corrected chi connectivity index (χ1v) is 5.99. The average molecular weight is 258 g/mol. The molecule has 1 unspecified atom stereocenters. The first-order chi connectivity index (χ1) is 8.24. The number of halogens is 1. The molecule has 1 saturated heterocycles. The van der Waals surface area contributed by atoms with Crippen molar-refractivity contribution in [3.05, 3.63) is 29.3 Å². The lowest BCUT2D eigenvalue weighted by atomic mass is 10.2. The lowest BCUT2D eigenvalue weighted by molar-refractivity contribution is -0.0118. The maximum absolute atomic E-state index is 9.68. The molecule has 0 aromatic heterocycles. The number of hydrogen-bond acceptors (Lipinski definition) is 4. The minimum absolute atomic E-state index is 0.266. The van der Waals surface area contributed by atoms with E-state index in [0.29, 0.717) is 23.4 Å². The Bertz CT molecular complexity index is 340. The highest BCUT2D eigenvalue weighted by molar-refractivity contribution is 6.30. The Morgan fingerprint density at radius 2 is 2.12 bits per heavy atom. The molecule has 0 radical (unpaired) electrons. The summed E-state index contributed by atoms with van der Waals surface area (Å²) < 4.78 is 10.4. The van der Waals surface area contributed by atoms with Crippen LogP contribution in [0.25, 0.3) is 0 Å². The normalized spacial score (nSPS) is 17.5. The van der Waals surface area contributed by atoms with Gasteiger partial charge in [0.05, 0.1) is 19.3 Å². The molecule has 1 aromatic rings. The number of ether oxygens (including phenoxy) is 2. The van der Waals surface area contributed by atoms with Gasteiger partial charge in [0.15, 0.2) is 0 Å². The monoisotopic (exact) mass is 257 g/mol. The highest BCUT2D eigenvalue weighted by Gasteiger charge is 2.18. The van der Waals surface area contributed by atoms with Gasteiger partial charge in [0.1, 0.15) is 18.5 Å². The zero-order valence-corrected chi connectivity index (χ0v) is 10.2. The van der Waals surface area contributed by atoms with E-state index in [1.165, 1.54) is 0 Å². The van der Waals surface area contributed by atoms with Crippen molar-refractivity contribution in [1.82, 2.24) is 5.32 Å². The predicted molar refractivity (Wildman–Crippen MR) is 65.6 cm³/mol. The van der Waals surface area contributed by atoms with Crippen LogP contribution in [-0.4, -0.2) is 43.6 Å². The molecule has 5 heteroatoms. The molecule has 1 aliphatic heterocycles. The fraction of sp³-hybridized carbons (Fsp3) is 0.500. The van der Waals surface area contributed by atoms with Crippen LogP contribution in [0.1, 0.15) is 0 Å². The number of rotatable bonds is 6. The molecule has 1 aromatic carbocycles. The smallest absolute Gasteiger partial charge is 0.119 e. The fourth-order valence-electron chi connectivity index (χ4n) is 1.44. The molecule has 0 amide bonds. The summed E-state index contributed by atoms with van der Waals surface area (Å²) in [6.45, 7) is 2.24. The standard InChI is InChI=1S/C12H16ClNO3/c13-9-1-3-12(4-2-9)17-8-11(15)5-14-10-6-16-7-10/h1-4,10-11,14-15H,5-8H2. The van der Waals surface area contributed by atoms with E-state index in [0.717, 1.165) is 13.2 Å². The van der Waals surface area contributed by atoms with Gasteiger partial charge in [0.25, 0.3) is 0 Å². The molecule has 1 atom stereocenters. The molecule has 17 heavy (non-hydrogen) atoms. The van der Waals surface area contributed by atoms with Crippen molar-refractivity contribution in [2.45, 2.75) is 12.1 Å². The van der Waals surface area contributed by atoms with Crippen molar-refractivity contribution < 1.29 is 14.6 Å². The molecule has 94 valence electrons. The Morgan fingerprint density at radius 1 is 1.41 bits per heavy atom. The minimum Gasteiger partial charge on any atom is -0.491 e. The molecule has 1 heterocycles. The number of benzene rings is 1. The summed E-state index contributed by atoms with van der Waals surface area (Å²) in [4.78, 5) is 0. The molecule has 1 fully saturated rings. The van der Waals surface area contributed by atoms with Crippen LogP contribution in [0, 0.1) is 0 Å². The number of nitrogens with one attached hydrogen (secondary N) is 1. The summed E-state index contributed by atoms with van der Waals surface area (Å²) >= 11 is 5.75. The molecule has 0 bridgehead atoms. The Labute approximate surface area is 105 Å². The van der Waals surface area contributed by atoms with E-state index in [9.17, 15) is 5.11 Å². The number of hydrogen-bond donors (Lipinski definition) is 2. The molecule has 2 rings (SSSR count). The second-order valence-electron chi connectivity index (χ2n) is 4.06. The maximum Gasteiger partial charge on any atom is 0.119 e. The zero-order valence-electron chi connectivity index (χ0n) is 9.43. The summed E-state index contributed by atoms with van der Waals surface area (Å²) in [5.74, 6) is 0.709. The van der Waals surface area contributed by atoms with Crippen molar-refractivity contribution >= 4 is 11.6 Å². The lowest BCUT2D eigenvalue weighted by Gasteiger charge is -2.28. The van der Waals surface area contributed by atoms with Gasteiger partial charge in [-0.3, -0.25) is 0 Å². The molecule has 0 aliphatic carbocycles. The van der Waals surface area contributed by atoms with Crippen LogP contribution < -0.4 is 10.1 Å². The number of aliphatic hydroxyl groups is 1. The van der Waals surface area contributed by atoms with Gasteiger partial charge in [-0.2, -0.15) is 0 Å². The van der Waals surface area contributed by atoms with Crippen molar-refractivity contribution in [1.29, 1.82) is 0 Å². The van der Waals surface area contributed by atoms with Gasteiger partial charge >= 0.3 is 0 Å². The molecule has 2 N–H and O–H groups in total. The van der Waals surface area contributed by atoms with Gasteiger partial charge in [0.2, 0.25) is 0 Å². The maximum atomic E-state index is 9.68. The van der Waals surface area contributed by atoms with Crippen LogP contribution in [0.5, 0.6) is 5.75 Å². The van der Waals surface area contributed by atoms with Gasteiger partial charge in [-0.05, 0) is 24.3 Å². The van der Waals surface area contributed by atoms with Crippen LogP contribution >= 0.6 is 11.6 Å². The van der Waals surface area contributed by atoms with E-state index in [4.69, 9.17) is 21.1 Å². The van der Waals surface area contributed by atoms with Gasteiger partial charge in [0, 0.05) is 11.6 Å². The van der Waals surface area contributed by atoms with Gasteiger partial charge in [-0.15, -0.1) is 0 Å². The van der Waals surface area contributed by atoms with Gasteiger partial charge in [-0.1, -0.05) is 11.6 Å². The van der Waals surface area contributed by atoms with Crippen LogP contribution in [0.2, 0.25) is 5.02 Å². The summed E-state index contributed by atoms with van der Waals surface area (Å²) in [5, 5.41) is 13.5. The summed E-state index contributed by atoms with van der Waals surface area (Å²) in [6.07, 6.45) is -0.522. The lowest BCUT2D eigenvalue weighted by Crippen LogP contribution is -2.49. The molecular formula is C12H16ClNO3. The van der Waals surface area contributed by atoms with E-state index in [2.05, 4.69) is 5.32 Å². The third-order valence-electron chi connectivity index (χ3n) is 2.54. The first-order valence-electron chi connectivity index (χ1n) is 5.61. The van der Waals surface area contributed by atoms with E-state index >= 15 is 0 Å². The van der Waals surface area contributed by atoms with Crippen LogP contribution in [0.15, 0.2) is 24.3 Å². The molecule has 4 nitrogen and oxygen atoms in total. The van der Waals surface area contributed by atoms with E-state index in [1.54, 1.807) is 24.3 Å². The van der Waals surface area contributed by atoms with Gasteiger partial charge < -0.3 is 19.9 Å². The van der Waals surface area contributed by atoms with Crippen LogP contribution in [-0.2, 0) is 4.74 Å². The largest absolute Gasteiger partial charge is 0.491 e. The molecule has 0 spiro atoms. The van der Waals surface area contributed by atoms with E-state index < -0.39 is 6.10 Å². The predicted octanol–water partition coefficient (Wildman–Crippen LogP) is 1.07. The Kier molecular flexibility index (Phi) is 4.62. The second kappa shape index (κ2) is 6.21. The second-order valence-corrected chi connectivity index (χ2v) is 4.50. The Morgan fingerprint density at radius 3 is 2.71 bits per heavy atom. The molecular weight excluding hydrogens is 242 g/mol. The first kappa shape index (κ1) is 12.6. The Balaban J connectivity index is 1.64. The Hall–Kier alpha value is -0.810.